The molecule has 0 aliphatic carbocycles. The van der Waals surface area contributed by atoms with Crippen molar-refractivity contribution in [1.82, 2.24) is 10.2 Å². The van der Waals surface area contributed by atoms with E-state index in [1.807, 2.05) is 64.0 Å². The Morgan fingerprint density at radius 1 is 1.26 bits per heavy atom. The summed E-state index contributed by atoms with van der Waals surface area (Å²) in [5, 5.41) is 6.19. The highest BCUT2D eigenvalue weighted by atomic mass is 35.5. The van der Waals surface area contributed by atoms with Crippen LogP contribution in [0.2, 0.25) is 5.02 Å². The summed E-state index contributed by atoms with van der Waals surface area (Å²) in [6.07, 6.45) is 0.189. The smallest absolute Gasteiger partial charge is 0.338 e. The second-order valence-electron chi connectivity index (χ2n) is 8.85. The maximum Gasteiger partial charge on any atom is 0.338 e. The molecule has 2 aliphatic heterocycles. The molecular formula is C23H28ClN3O3S. The number of halogens is 1. The van der Waals surface area contributed by atoms with Gasteiger partial charge in [0.15, 0.2) is 5.17 Å². The van der Waals surface area contributed by atoms with Crippen LogP contribution in [-0.4, -0.2) is 33.6 Å². The zero-order valence-electron chi connectivity index (χ0n) is 18.7. The minimum Gasteiger partial charge on any atom is -0.456 e. The Morgan fingerprint density at radius 3 is 2.48 bits per heavy atom. The van der Waals surface area contributed by atoms with Gasteiger partial charge in [-0.05, 0) is 64.6 Å². The van der Waals surface area contributed by atoms with Crippen LogP contribution < -0.4 is 5.32 Å². The second-order valence-corrected chi connectivity index (χ2v) is 10.1. The molecule has 1 N–H and O–H groups in total. The van der Waals surface area contributed by atoms with E-state index in [0.717, 1.165) is 16.4 Å². The van der Waals surface area contributed by atoms with Crippen LogP contribution in [0.4, 0.5) is 0 Å². The molecule has 1 aromatic rings. The lowest BCUT2D eigenvalue weighted by atomic mass is 9.93. The zero-order valence-corrected chi connectivity index (χ0v) is 20.2. The fourth-order valence-electron chi connectivity index (χ4n) is 3.46. The molecule has 0 unspecified atom stereocenters. The number of benzene rings is 1. The highest BCUT2D eigenvalue weighted by Crippen LogP contribution is 2.45. The monoisotopic (exact) mass is 461 g/mol. The largest absolute Gasteiger partial charge is 0.456 e. The number of nitrogens with zero attached hydrogens (tertiary/aromatic N) is 2. The molecule has 3 rings (SSSR count). The predicted octanol–water partition coefficient (Wildman–Crippen LogP) is 5.17. The Kier molecular flexibility index (Phi) is 6.86. The minimum absolute atomic E-state index is 0.0446. The molecule has 2 aliphatic rings. The maximum atomic E-state index is 13.2. The molecule has 0 aromatic heterocycles. The first-order valence-electron chi connectivity index (χ1n) is 10.2. The van der Waals surface area contributed by atoms with Gasteiger partial charge in [-0.25, -0.2) is 9.79 Å². The van der Waals surface area contributed by atoms with Crippen molar-refractivity contribution in [2.24, 2.45) is 4.99 Å². The fraction of sp³-hybridized carbons (Fsp3) is 0.435. The summed E-state index contributed by atoms with van der Waals surface area (Å²) < 4.78 is 5.72. The molecule has 6 nitrogen and oxygen atoms in total. The van der Waals surface area contributed by atoms with Crippen molar-refractivity contribution in [1.29, 1.82) is 0 Å². The van der Waals surface area contributed by atoms with Crippen molar-refractivity contribution < 1.29 is 14.3 Å². The predicted molar refractivity (Wildman–Crippen MR) is 126 cm³/mol. The highest BCUT2D eigenvalue weighted by Gasteiger charge is 2.41. The standard InChI is InChI=1S/C23H28ClN3O3S/c1-13(2)25-18(28)11-17-12-31-22-26-14(3)19(21(29)30-23(4,5)6)20(27(17)22)15-7-9-16(24)10-8-15/h7-10,12-13,20H,11H2,1-6H3,(H,25,28)/t20-/m0/s1. The van der Waals surface area contributed by atoms with Crippen molar-refractivity contribution in [3.05, 3.63) is 57.2 Å². The molecule has 31 heavy (non-hydrogen) atoms. The minimum atomic E-state index is -0.644. The Bertz CT molecular complexity index is 975. The SMILES string of the molecule is CC1=C(C(=O)OC(C)(C)C)[C@H](c2ccc(Cl)cc2)N2C(CC(=O)NC(C)C)=CSC2=N1. The summed E-state index contributed by atoms with van der Waals surface area (Å²) in [7, 11) is 0. The lowest BCUT2D eigenvalue weighted by Crippen LogP contribution is -2.39. The number of carbonyl (C=O) groups is 2. The molecule has 0 saturated heterocycles. The first kappa shape index (κ1) is 23.4. The van der Waals surface area contributed by atoms with E-state index in [2.05, 4.69) is 10.3 Å². The van der Waals surface area contributed by atoms with Gasteiger partial charge in [-0.1, -0.05) is 35.5 Å². The second kappa shape index (κ2) is 9.09. The van der Waals surface area contributed by atoms with Crippen LogP contribution in [0, 0.1) is 0 Å². The molecule has 0 fully saturated rings. The summed E-state index contributed by atoms with van der Waals surface area (Å²) in [6, 6.07) is 6.95. The number of thioether (sulfide) groups is 1. The maximum absolute atomic E-state index is 13.2. The van der Waals surface area contributed by atoms with Crippen molar-refractivity contribution in [3.8, 4) is 0 Å². The van der Waals surface area contributed by atoms with E-state index >= 15 is 0 Å². The zero-order chi connectivity index (χ0) is 22.9. The van der Waals surface area contributed by atoms with Crippen LogP contribution in [0.1, 0.15) is 59.6 Å². The van der Waals surface area contributed by atoms with Gasteiger partial charge in [0.2, 0.25) is 5.91 Å². The quantitative estimate of drug-likeness (QED) is 0.612. The first-order valence-corrected chi connectivity index (χ1v) is 11.4. The molecule has 2 heterocycles. The molecule has 8 heteroatoms. The fourth-order valence-corrected chi connectivity index (χ4v) is 4.55. The third-order valence-electron chi connectivity index (χ3n) is 4.60. The molecular weight excluding hydrogens is 434 g/mol. The van der Waals surface area contributed by atoms with Gasteiger partial charge in [-0.15, -0.1) is 0 Å². The number of fused-ring (bicyclic) bond motifs is 1. The van der Waals surface area contributed by atoms with Crippen LogP contribution in [0.15, 0.2) is 51.6 Å². The number of aliphatic imine (C=N–C) groups is 1. The number of amidine groups is 1. The van der Waals surface area contributed by atoms with E-state index in [1.54, 1.807) is 12.1 Å². The van der Waals surface area contributed by atoms with Gasteiger partial charge >= 0.3 is 5.97 Å². The van der Waals surface area contributed by atoms with Gasteiger partial charge in [0.1, 0.15) is 5.60 Å². The normalized spacial score (nSPS) is 18.6. The Labute approximate surface area is 192 Å². The topological polar surface area (TPSA) is 71.0 Å². The first-order chi connectivity index (χ1) is 14.5. The average Bonchev–Trinajstić information content (AvgIpc) is 3.01. The van der Waals surface area contributed by atoms with E-state index in [-0.39, 0.29) is 18.4 Å². The van der Waals surface area contributed by atoms with Gasteiger partial charge in [0, 0.05) is 16.8 Å². The molecule has 0 saturated carbocycles. The van der Waals surface area contributed by atoms with Crippen molar-refractivity contribution in [3.63, 3.8) is 0 Å². The summed E-state index contributed by atoms with van der Waals surface area (Å²) >= 11 is 7.56. The summed E-state index contributed by atoms with van der Waals surface area (Å²) in [5.41, 5.74) is 2.08. The molecule has 1 amide bonds. The molecule has 0 bridgehead atoms. The number of hydrogen-bond acceptors (Lipinski definition) is 6. The van der Waals surface area contributed by atoms with Crippen LogP contribution in [-0.2, 0) is 14.3 Å². The number of allylic oxidation sites excluding steroid dienone is 1. The molecule has 0 spiro atoms. The van der Waals surface area contributed by atoms with Gasteiger partial charge in [-0.2, -0.15) is 0 Å². The third-order valence-corrected chi connectivity index (χ3v) is 5.74. The van der Waals surface area contributed by atoms with Crippen LogP contribution in [0.25, 0.3) is 0 Å². The van der Waals surface area contributed by atoms with E-state index in [4.69, 9.17) is 16.3 Å². The number of esters is 1. The van der Waals surface area contributed by atoms with Crippen LogP contribution in [0.5, 0.6) is 0 Å². The number of amides is 1. The highest BCUT2D eigenvalue weighted by molar-refractivity contribution is 8.16. The average molecular weight is 462 g/mol. The van der Waals surface area contributed by atoms with Crippen molar-refractivity contribution >= 4 is 40.4 Å². The molecule has 166 valence electrons. The Balaban J connectivity index is 2.04. The summed E-state index contributed by atoms with van der Waals surface area (Å²) in [6.45, 7) is 11.2. The molecule has 0 radical (unpaired) electrons. The number of hydrogen-bond donors (Lipinski definition) is 1. The van der Waals surface area contributed by atoms with E-state index in [9.17, 15) is 9.59 Å². The van der Waals surface area contributed by atoms with Crippen LogP contribution >= 0.6 is 23.4 Å². The molecule has 1 aromatic carbocycles. The summed E-state index contributed by atoms with van der Waals surface area (Å²) in [5.74, 6) is -0.501. The lowest BCUT2D eigenvalue weighted by Gasteiger charge is -2.37. The van der Waals surface area contributed by atoms with Crippen LogP contribution in [0.3, 0.4) is 0 Å². The van der Waals surface area contributed by atoms with Gasteiger partial charge in [-0.3, -0.25) is 4.79 Å². The lowest BCUT2D eigenvalue weighted by molar-refractivity contribution is -0.150. The number of rotatable bonds is 5. The van der Waals surface area contributed by atoms with E-state index in [0.29, 0.717) is 16.3 Å². The van der Waals surface area contributed by atoms with Gasteiger partial charge in [0.05, 0.1) is 23.7 Å². The number of nitrogens with one attached hydrogen (secondary N) is 1. The van der Waals surface area contributed by atoms with E-state index in [1.165, 1.54) is 11.8 Å². The Hall–Kier alpha value is -2.25. The third kappa shape index (κ3) is 5.52. The van der Waals surface area contributed by atoms with E-state index < -0.39 is 17.6 Å². The van der Waals surface area contributed by atoms with Gasteiger partial charge < -0.3 is 15.0 Å². The Morgan fingerprint density at radius 2 is 1.90 bits per heavy atom. The van der Waals surface area contributed by atoms with Crippen molar-refractivity contribution in [2.75, 3.05) is 0 Å². The molecule has 1 atom stereocenters. The van der Waals surface area contributed by atoms with Crippen molar-refractivity contribution in [2.45, 2.75) is 65.6 Å². The van der Waals surface area contributed by atoms with Gasteiger partial charge in [0.25, 0.3) is 0 Å². The summed E-state index contributed by atoms with van der Waals surface area (Å²) in [4.78, 5) is 32.3. The number of ether oxygens (including phenoxy) is 1. The number of carbonyl (C=O) groups excluding carboxylic acids is 2.